The van der Waals surface area contributed by atoms with E-state index in [-0.39, 0.29) is 23.4 Å². The molecule has 1 fully saturated rings. The third-order valence-corrected chi connectivity index (χ3v) is 5.96. The summed E-state index contributed by atoms with van der Waals surface area (Å²) >= 11 is 0. The van der Waals surface area contributed by atoms with Crippen LogP contribution in [0.3, 0.4) is 0 Å². The molecule has 7 heteroatoms. The molecule has 0 bridgehead atoms. The summed E-state index contributed by atoms with van der Waals surface area (Å²) in [6.07, 6.45) is 3.25. The van der Waals surface area contributed by atoms with Gasteiger partial charge in [-0.25, -0.2) is 4.39 Å². The van der Waals surface area contributed by atoms with Crippen molar-refractivity contribution in [3.8, 4) is 5.75 Å². The van der Waals surface area contributed by atoms with Gasteiger partial charge in [-0.3, -0.25) is 14.6 Å². The van der Waals surface area contributed by atoms with Crippen molar-refractivity contribution in [1.29, 1.82) is 0 Å². The van der Waals surface area contributed by atoms with Crippen molar-refractivity contribution in [3.05, 3.63) is 101 Å². The van der Waals surface area contributed by atoms with Crippen molar-refractivity contribution in [3.63, 3.8) is 0 Å². The first kappa shape index (κ1) is 23.2. The van der Waals surface area contributed by atoms with Crippen molar-refractivity contribution < 1.29 is 23.8 Å². The number of hydrogen-bond donors (Lipinski definition) is 1. The molecule has 1 N–H and O–H groups in total. The average molecular weight is 461 g/mol. The van der Waals surface area contributed by atoms with Crippen LogP contribution < -0.4 is 4.74 Å². The number of halogens is 1. The maximum absolute atomic E-state index is 14.3. The lowest BCUT2D eigenvalue weighted by atomic mass is 9.93. The van der Waals surface area contributed by atoms with Gasteiger partial charge in [0.25, 0.3) is 11.7 Å². The van der Waals surface area contributed by atoms with Crippen LogP contribution in [0.5, 0.6) is 5.75 Å². The summed E-state index contributed by atoms with van der Waals surface area (Å²) < 4.78 is 19.3. The second-order valence-corrected chi connectivity index (χ2v) is 8.46. The second kappa shape index (κ2) is 9.47. The summed E-state index contributed by atoms with van der Waals surface area (Å²) in [5.41, 5.74) is 2.51. The molecule has 2 heterocycles. The quantitative estimate of drug-likeness (QED) is 0.319. The van der Waals surface area contributed by atoms with E-state index in [1.807, 2.05) is 30.3 Å². The number of carbonyl (C=O) groups excluding carboxylic acids is 2. The summed E-state index contributed by atoms with van der Waals surface area (Å²) in [5, 5.41) is 11.1. The molecule has 2 aromatic carbocycles. The third-order valence-electron chi connectivity index (χ3n) is 5.96. The molecule has 1 amide bonds. The van der Waals surface area contributed by atoms with Crippen LogP contribution in [0.1, 0.15) is 48.1 Å². The molecule has 174 valence electrons. The number of pyridine rings is 1. The van der Waals surface area contributed by atoms with Crippen LogP contribution in [0.2, 0.25) is 0 Å². The number of nitrogens with zero attached hydrogens (tertiary/aromatic N) is 2. The summed E-state index contributed by atoms with van der Waals surface area (Å²) in [6.45, 7) is 4.27. The topological polar surface area (TPSA) is 79.7 Å². The number of amides is 1. The zero-order chi connectivity index (χ0) is 24.4. The number of aliphatic hydroxyl groups is 1. The van der Waals surface area contributed by atoms with Crippen LogP contribution in [0.25, 0.3) is 5.76 Å². The fourth-order valence-electron chi connectivity index (χ4n) is 4.11. The van der Waals surface area contributed by atoms with Crippen LogP contribution in [-0.4, -0.2) is 33.8 Å². The van der Waals surface area contributed by atoms with Crippen LogP contribution in [0.4, 0.5) is 4.39 Å². The number of ether oxygens (including phenoxy) is 1. The van der Waals surface area contributed by atoms with Gasteiger partial charge in [0.2, 0.25) is 0 Å². The first-order chi connectivity index (χ1) is 16.3. The van der Waals surface area contributed by atoms with E-state index in [0.29, 0.717) is 11.5 Å². The molecule has 6 nitrogen and oxygen atoms in total. The number of rotatable bonds is 6. The minimum absolute atomic E-state index is 0.00871. The average Bonchev–Trinajstić information content (AvgIpc) is 3.09. The molecule has 3 aromatic rings. The number of hydrogen-bond acceptors (Lipinski definition) is 5. The number of likely N-dealkylation sites (tertiary alicyclic amines) is 1. The van der Waals surface area contributed by atoms with Crippen molar-refractivity contribution in [2.24, 2.45) is 0 Å². The van der Waals surface area contributed by atoms with Gasteiger partial charge < -0.3 is 14.7 Å². The Morgan fingerprint density at radius 2 is 1.88 bits per heavy atom. The standard InChI is InChI=1S/C27H25FN2O4/c1-16(2)18-6-8-19(9-7-18)24-23(25(31)20-10-11-22(34-3)21(28)13-20)26(32)27(33)30(24)15-17-5-4-12-29-14-17/h4-14,16,24,31H,15H2,1-3H3/b25-23-. The van der Waals surface area contributed by atoms with E-state index < -0.39 is 29.3 Å². The number of Topliss-reactive ketones (excluding diaryl/α,β-unsaturated/α-hetero) is 1. The van der Waals surface area contributed by atoms with E-state index >= 15 is 0 Å². The van der Waals surface area contributed by atoms with E-state index in [1.54, 1.807) is 18.5 Å². The minimum atomic E-state index is -0.841. The Morgan fingerprint density at radius 1 is 1.15 bits per heavy atom. The smallest absolute Gasteiger partial charge is 0.295 e. The zero-order valence-corrected chi connectivity index (χ0v) is 19.2. The van der Waals surface area contributed by atoms with E-state index in [1.165, 1.54) is 24.1 Å². The fraction of sp³-hybridized carbons (Fsp3) is 0.222. The highest BCUT2D eigenvalue weighted by atomic mass is 19.1. The Balaban J connectivity index is 1.85. The van der Waals surface area contributed by atoms with Crippen LogP contribution in [0, 0.1) is 5.82 Å². The normalized spacial score (nSPS) is 17.4. The number of methoxy groups -OCH3 is 1. The van der Waals surface area contributed by atoms with Crippen LogP contribution >= 0.6 is 0 Å². The maximum Gasteiger partial charge on any atom is 0.295 e. The molecular formula is C27H25FN2O4. The first-order valence-corrected chi connectivity index (χ1v) is 10.9. The van der Waals surface area contributed by atoms with E-state index in [2.05, 4.69) is 18.8 Å². The SMILES string of the molecule is COc1ccc(/C(O)=C2/C(=O)C(=O)N(Cc3cccnc3)C2c2ccc(C(C)C)cc2)cc1F. The second-order valence-electron chi connectivity index (χ2n) is 8.46. The molecule has 1 atom stereocenters. The Kier molecular flexibility index (Phi) is 6.45. The highest BCUT2D eigenvalue weighted by Crippen LogP contribution is 2.41. The molecule has 4 rings (SSSR count). The molecule has 34 heavy (non-hydrogen) atoms. The van der Waals surface area contributed by atoms with Crippen molar-refractivity contribution in [2.75, 3.05) is 7.11 Å². The molecule has 0 spiro atoms. The Hall–Kier alpha value is -4.00. The molecule has 0 saturated carbocycles. The maximum atomic E-state index is 14.3. The Morgan fingerprint density at radius 3 is 2.47 bits per heavy atom. The third kappa shape index (κ3) is 4.29. The first-order valence-electron chi connectivity index (χ1n) is 10.9. The van der Waals surface area contributed by atoms with Crippen LogP contribution in [0.15, 0.2) is 72.6 Å². The summed E-state index contributed by atoms with van der Waals surface area (Å²) in [4.78, 5) is 31.7. The van der Waals surface area contributed by atoms with Gasteiger partial charge in [-0.05, 0) is 46.9 Å². The predicted molar refractivity (Wildman–Crippen MR) is 126 cm³/mol. The number of aromatic nitrogens is 1. The fourth-order valence-corrected chi connectivity index (χ4v) is 4.11. The highest BCUT2D eigenvalue weighted by molar-refractivity contribution is 6.46. The summed E-state index contributed by atoms with van der Waals surface area (Å²) in [7, 11) is 1.34. The molecule has 0 radical (unpaired) electrons. The molecule has 0 aliphatic carbocycles. The van der Waals surface area contributed by atoms with Gasteiger partial charge in [0.05, 0.1) is 18.7 Å². The largest absolute Gasteiger partial charge is 0.507 e. The lowest BCUT2D eigenvalue weighted by Gasteiger charge is -2.25. The van der Waals surface area contributed by atoms with Gasteiger partial charge in [0.15, 0.2) is 11.6 Å². The summed E-state index contributed by atoms with van der Waals surface area (Å²) in [6, 6.07) is 14.2. The van der Waals surface area contributed by atoms with Gasteiger partial charge in [0.1, 0.15) is 5.76 Å². The summed E-state index contributed by atoms with van der Waals surface area (Å²) in [5.74, 6) is -2.37. The van der Waals surface area contributed by atoms with Gasteiger partial charge in [-0.15, -0.1) is 0 Å². The zero-order valence-electron chi connectivity index (χ0n) is 19.2. The predicted octanol–water partition coefficient (Wildman–Crippen LogP) is 4.97. The number of ketones is 1. The van der Waals surface area contributed by atoms with Gasteiger partial charge in [0, 0.05) is 24.5 Å². The molecule has 1 aliphatic heterocycles. The number of carbonyl (C=O) groups is 2. The van der Waals surface area contributed by atoms with E-state index in [9.17, 15) is 19.1 Å². The van der Waals surface area contributed by atoms with E-state index in [0.717, 1.165) is 17.2 Å². The van der Waals surface area contributed by atoms with Gasteiger partial charge in [-0.1, -0.05) is 44.2 Å². The van der Waals surface area contributed by atoms with Gasteiger partial charge in [-0.2, -0.15) is 0 Å². The van der Waals surface area contributed by atoms with Crippen molar-refractivity contribution in [1.82, 2.24) is 9.88 Å². The Labute approximate surface area is 197 Å². The molecular weight excluding hydrogens is 435 g/mol. The van der Waals surface area contributed by atoms with Crippen molar-refractivity contribution in [2.45, 2.75) is 32.4 Å². The number of aliphatic hydroxyl groups excluding tert-OH is 1. The molecule has 1 aromatic heterocycles. The minimum Gasteiger partial charge on any atom is -0.507 e. The molecule has 1 unspecified atom stereocenters. The van der Waals surface area contributed by atoms with Crippen LogP contribution in [-0.2, 0) is 16.1 Å². The van der Waals surface area contributed by atoms with Gasteiger partial charge >= 0.3 is 0 Å². The molecule has 1 saturated heterocycles. The molecule has 1 aliphatic rings. The number of benzene rings is 2. The van der Waals surface area contributed by atoms with E-state index in [4.69, 9.17) is 4.74 Å². The Bertz CT molecular complexity index is 1250. The lowest BCUT2D eigenvalue weighted by molar-refractivity contribution is -0.140. The monoisotopic (exact) mass is 460 g/mol. The van der Waals surface area contributed by atoms with Crippen molar-refractivity contribution >= 4 is 17.4 Å². The highest BCUT2D eigenvalue weighted by Gasteiger charge is 2.46. The lowest BCUT2D eigenvalue weighted by Crippen LogP contribution is -2.29.